The number of carbonyl (C=O) groups is 1. The van der Waals surface area contributed by atoms with E-state index in [4.69, 9.17) is 10.5 Å². The van der Waals surface area contributed by atoms with Gasteiger partial charge in [0.15, 0.2) is 0 Å². The van der Waals surface area contributed by atoms with Crippen LogP contribution in [-0.4, -0.2) is 41.1 Å². The Balaban J connectivity index is 1.71. The average molecular weight is 295 g/mol. The fourth-order valence-corrected chi connectivity index (χ4v) is 3.88. The summed E-state index contributed by atoms with van der Waals surface area (Å²) in [6.07, 6.45) is 6.48. The maximum Gasteiger partial charge on any atom is 0.252 e. The molecule has 6 heteroatoms. The summed E-state index contributed by atoms with van der Waals surface area (Å²) in [6.45, 7) is 1.32. The number of amides is 1. The van der Waals surface area contributed by atoms with Gasteiger partial charge in [-0.2, -0.15) is 0 Å². The van der Waals surface area contributed by atoms with Gasteiger partial charge in [0.25, 0.3) is 5.91 Å². The highest BCUT2D eigenvalue weighted by Gasteiger charge is 2.37. The van der Waals surface area contributed by atoms with Crippen molar-refractivity contribution in [1.82, 2.24) is 9.88 Å². The number of rotatable bonds is 3. The molecular weight excluding hydrogens is 274 g/mol. The summed E-state index contributed by atoms with van der Waals surface area (Å²) in [6, 6.07) is 0.136. The lowest BCUT2D eigenvalue weighted by atomic mass is 10.0. The van der Waals surface area contributed by atoms with E-state index in [1.54, 1.807) is 11.3 Å². The molecule has 2 saturated heterocycles. The predicted molar refractivity (Wildman–Crippen MR) is 77.4 cm³/mol. The van der Waals surface area contributed by atoms with E-state index < -0.39 is 0 Å². The van der Waals surface area contributed by atoms with E-state index in [-0.39, 0.29) is 24.2 Å². The molecule has 0 aromatic carbocycles. The maximum absolute atomic E-state index is 12.7. The second kappa shape index (κ2) is 6.20. The number of nitrogens with two attached hydrogens (primary N) is 1. The molecule has 110 valence electrons. The molecule has 1 aromatic heterocycles. The lowest BCUT2D eigenvalue weighted by Crippen LogP contribution is -2.44. The van der Waals surface area contributed by atoms with Gasteiger partial charge < -0.3 is 15.4 Å². The normalized spacial score (nSPS) is 30.6. The van der Waals surface area contributed by atoms with Gasteiger partial charge in [0, 0.05) is 24.7 Å². The lowest BCUT2D eigenvalue weighted by molar-refractivity contribution is -0.146. The second-order valence-electron chi connectivity index (χ2n) is 5.47. The molecule has 0 spiro atoms. The number of hydrogen-bond acceptors (Lipinski definition) is 5. The van der Waals surface area contributed by atoms with Crippen molar-refractivity contribution in [3.63, 3.8) is 0 Å². The van der Waals surface area contributed by atoms with Gasteiger partial charge in [0.1, 0.15) is 11.1 Å². The van der Waals surface area contributed by atoms with Crippen LogP contribution in [0, 0.1) is 0 Å². The molecule has 0 bridgehead atoms. The van der Waals surface area contributed by atoms with E-state index >= 15 is 0 Å². The van der Waals surface area contributed by atoms with Gasteiger partial charge >= 0.3 is 0 Å². The summed E-state index contributed by atoms with van der Waals surface area (Å²) in [5, 5.41) is 3.02. The molecule has 1 aromatic rings. The maximum atomic E-state index is 12.7. The Morgan fingerprint density at radius 3 is 3.05 bits per heavy atom. The van der Waals surface area contributed by atoms with E-state index in [1.165, 1.54) is 0 Å². The number of likely N-dealkylation sites (tertiary alicyclic amines) is 1. The minimum Gasteiger partial charge on any atom is -0.364 e. The Bertz CT molecular complexity index is 451. The van der Waals surface area contributed by atoms with Crippen LogP contribution in [0.15, 0.2) is 11.6 Å². The van der Waals surface area contributed by atoms with Gasteiger partial charge in [0.2, 0.25) is 0 Å². The van der Waals surface area contributed by atoms with Crippen molar-refractivity contribution in [1.29, 1.82) is 0 Å². The van der Waals surface area contributed by atoms with Crippen LogP contribution in [0.2, 0.25) is 0 Å². The number of ether oxygens (including phenoxy) is 1. The summed E-state index contributed by atoms with van der Waals surface area (Å²) < 4.78 is 5.76. The first-order valence-electron chi connectivity index (χ1n) is 7.35. The van der Waals surface area contributed by atoms with Crippen LogP contribution in [-0.2, 0) is 9.53 Å². The smallest absolute Gasteiger partial charge is 0.252 e. The summed E-state index contributed by atoms with van der Waals surface area (Å²) in [7, 11) is 0. The first-order valence-corrected chi connectivity index (χ1v) is 8.23. The highest BCUT2D eigenvalue weighted by atomic mass is 32.1. The molecule has 2 aliphatic heterocycles. The van der Waals surface area contributed by atoms with Crippen molar-refractivity contribution < 1.29 is 9.53 Å². The highest BCUT2D eigenvalue weighted by Crippen LogP contribution is 2.34. The number of hydrogen-bond donors (Lipinski definition) is 1. The molecule has 0 radical (unpaired) electrons. The fraction of sp³-hybridized carbons (Fsp3) is 0.714. The van der Waals surface area contributed by atoms with E-state index in [9.17, 15) is 4.79 Å². The zero-order valence-electron chi connectivity index (χ0n) is 11.5. The molecule has 3 heterocycles. The molecule has 0 aliphatic carbocycles. The van der Waals surface area contributed by atoms with Crippen LogP contribution in [0.3, 0.4) is 0 Å². The molecule has 2 aliphatic rings. The van der Waals surface area contributed by atoms with Crippen LogP contribution in [0.5, 0.6) is 0 Å². The Morgan fingerprint density at radius 1 is 1.45 bits per heavy atom. The minimum absolute atomic E-state index is 0.0482. The number of piperidine rings is 1. The first kappa shape index (κ1) is 14.0. The fourth-order valence-electron chi connectivity index (χ4n) is 3.10. The number of nitrogens with zero attached hydrogens (tertiary/aromatic N) is 2. The zero-order chi connectivity index (χ0) is 13.9. The third-order valence-corrected chi connectivity index (χ3v) is 5.05. The van der Waals surface area contributed by atoms with Crippen molar-refractivity contribution in [2.75, 3.05) is 13.1 Å². The van der Waals surface area contributed by atoms with Crippen LogP contribution >= 0.6 is 11.3 Å². The first-order chi connectivity index (χ1) is 9.79. The molecule has 5 nitrogen and oxygen atoms in total. The van der Waals surface area contributed by atoms with Gasteiger partial charge in [-0.15, -0.1) is 11.3 Å². The standard InChI is InChI=1S/C14H21N3O2S/c15-9-10-4-5-12(19-10)14(18)17-7-2-1-3-11(17)13-16-6-8-20-13/h6,8,10-12H,1-5,7,9,15H2/t10-,11?,12+/m1/s1. The van der Waals surface area contributed by atoms with E-state index in [2.05, 4.69) is 4.98 Å². The Hall–Kier alpha value is -0.980. The van der Waals surface area contributed by atoms with Gasteiger partial charge in [-0.05, 0) is 32.1 Å². The van der Waals surface area contributed by atoms with Crippen molar-refractivity contribution >= 4 is 17.2 Å². The molecule has 3 atom stereocenters. The molecule has 2 N–H and O–H groups in total. The third-order valence-electron chi connectivity index (χ3n) is 4.17. The lowest BCUT2D eigenvalue weighted by Gasteiger charge is -2.36. The highest BCUT2D eigenvalue weighted by molar-refractivity contribution is 7.09. The number of aromatic nitrogens is 1. The van der Waals surface area contributed by atoms with Crippen LogP contribution in [0.1, 0.15) is 43.2 Å². The van der Waals surface area contributed by atoms with Crippen LogP contribution in [0.4, 0.5) is 0 Å². The minimum atomic E-state index is -0.302. The van der Waals surface area contributed by atoms with E-state index in [0.29, 0.717) is 6.54 Å². The molecule has 1 amide bonds. The molecular formula is C14H21N3O2S. The Morgan fingerprint density at radius 2 is 2.35 bits per heavy atom. The zero-order valence-corrected chi connectivity index (χ0v) is 12.3. The third kappa shape index (κ3) is 2.73. The number of carbonyl (C=O) groups excluding carboxylic acids is 1. The van der Waals surface area contributed by atoms with E-state index in [1.807, 2.05) is 16.5 Å². The predicted octanol–water partition coefficient (Wildman–Crippen LogP) is 1.70. The summed E-state index contributed by atoms with van der Waals surface area (Å²) in [5.41, 5.74) is 5.62. The quantitative estimate of drug-likeness (QED) is 0.921. The second-order valence-corrected chi connectivity index (χ2v) is 6.40. The average Bonchev–Trinajstić information content (AvgIpc) is 3.17. The molecule has 0 saturated carbocycles. The molecule has 2 fully saturated rings. The molecule has 3 rings (SSSR count). The van der Waals surface area contributed by atoms with Gasteiger partial charge in [-0.1, -0.05) is 0 Å². The van der Waals surface area contributed by atoms with Crippen LogP contribution in [0.25, 0.3) is 0 Å². The van der Waals surface area contributed by atoms with Crippen molar-refractivity contribution in [2.24, 2.45) is 5.73 Å². The monoisotopic (exact) mass is 295 g/mol. The summed E-state index contributed by atoms with van der Waals surface area (Å²) >= 11 is 1.63. The van der Waals surface area contributed by atoms with Crippen LogP contribution < -0.4 is 5.73 Å². The van der Waals surface area contributed by atoms with Crippen molar-refractivity contribution in [3.8, 4) is 0 Å². The van der Waals surface area contributed by atoms with E-state index in [0.717, 1.165) is 43.7 Å². The van der Waals surface area contributed by atoms with Gasteiger partial charge in [-0.3, -0.25) is 4.79 Å². The largest absolute Gasteiger partial charge is 0.364 e. The SMILES string of the molecule is NC[C@H]1CC[C@@H](C(=O)N2CCCCC2c2nccs2)O1. The van der Waals surface area contributed by atoms with Gasteiger partial charge in [0.05, 0.1) is 12.1 Å². The molecule has 1 unspecified atom stereocenters. The molecule has 20 heavy (non-hydrogen) atoms. The van der Waals surface area contributed by atoms with Crippen molar-refractivity contribution in [2.45, 2.75) is 50.4 Å². The van der Waals surface area contributed by atoms with Gasteiger partial charge in [-0.25, -0.2) is 4.98 Å². The summed E-state index contributed by atoms with van der Waals surface area (Å²) in [4.78, 5) is 19.1. The summed E-state index contributed by atoms with van der Waals surface area (Å²) in [5.74, 6) is 0.126. The van der Waals surface area contributed by atoms with Crippen molar-refractivity contribution in [3.05, 3.63) is 16.6 Å². The Kier molecular flexibility index (Phi) is 4.33. The number of thiazole rings is 1. The topological polar surface area (TPSA) is 68.5 Å². The Labute approximate surface area is 123 Å².